The first-order valence-electron chi connectivity index (χ1n) is 14.4. The Labute approximate surface area is 266 Å². The molecule has 3 aromatic carbocycles. The molecule has 1 unspecified atom stereocenters. The molecular weight excluding hydrogens is 588 g/mol. The predicted octanol–water partition coefficient (Wildman–Crippen LogP) is 5.27. The van der Waals surface area contributed by atoms with Crippen molar-refractivity contribution in [2.45, 2.75) is 12.0 Å². The fraction of sp³-hybridized carbons (Fsp3) is 0.235. The molecule has 1 aliphatic rings. The molecule has 0 amide bonds. The number of hydrogen-bond acceptors (Lipinski definition) is 10. The van der Waals surface area contributed by atoms with Crippen LogP contribution in [0, 0.1) is 0 Å². The quantitative estimate of drug-likeness (QED) is 0.188. The summed E-state index contributed by atoms with van der Waals surface area (Å²) in [5.41, 5.74) is 10.7. The van der Waals surface area contributed by atoms with E-state index in [4.69, 9.17) is 44.1 Å². The molecule has 46 heavy (non-hydrogen) atoms. The number of nitrogen functional groups attached to an aromatic ring is 1. The van der Waals surface area contributed by atoms with Crippen LogP contribution < -0.4 is 39.5 Å². The lowest BCUT2D eigenvalue weighted by Gasteiger charge is -2.34. The van der Waals surface area contributed by atoms with Gasteiger partial charge in [-0.25, -0.2) is 9.97 Å². The highest BCUT2D eigenvalue weighted by Gasteiger charge is 2.36. The number of methoxy groups -OCH3 is 6. The monoisotopic (exact) mass is 624 g/mol. The molecule has 0 saturated carbocycles. The zero-order valence-electron chi connectivity index (χ0n) is 26.5. The lowest BCUT2D eigenvalue weighted by Crippen LogP contribution is -2.38. The van der Waals surface area contributed by atoms with Gasteiger partial charge in [-0.1, -0.05) is 18.2 Å². The lowest BCUT2D eigenvalue weighted by atomic mass is 9.81. The maximum atomic E-state index is 6.21. The number of nitrogens with zero attached hydrogens (tertiary/aromatic N) is 4. The minimum Gasteiger partial charge on any atom is -0.493 e. The summed E-state index contributed by atoms with van der Waals surface area (Å²) in [7, 11) is 9.50. The molecule has 6 rings (SSSR count). The van der Waals surface area contributed by atoms with Gasteiger partial charge in [0.05, 0.1) is 72.3 Å². The average Bonchev–Trinajstić information content (AvgIpc) is 3.77. The van der Waals surface area contributed by atoms with Crippen molar-refractivity contribution in [3.63, 3.8) is 0 Å². The van der Waals surface area contributed by atoms with Crippen LogP contribution in [0.2, 0.25) is 0 Å². The topological polar surface area (TPSA) is 129 Å². The minimum absolute atomic E-state index is 0.513. The summed E-state index contributed by atoms with van der Waals surface area (Å²) >= 11 is 0. The van der Waals surface area contributed by atoms with Crippen LogP contribution in [0.15, 0.2) is 73.6 Å². The second-order valence-corrected chi connectivity index (χ2v) is 10.7. The Hall–Kier alpha value is -5.78. The number of nitrogens with two attached hydrogens (primary N) is 1. The van der Waals surface area contributed by atoms with Crippen molar-refractivity contribution in [3.8, 4) is 45.9 Å². The third kappa shape index (κ3) is 5.38. The zero-order chi connectivity index (χ0) is 32.4. The SMILES string of the molecule is COc1cc(-n2cnc(NC3(c4cn(-c5cc(OC)c(OC)c(OC)c5)cn4)C=Cc4ccc(N)cc4C3)c2)cc(OC)c1OC. The fourth-order valence-corrected chi connectivity index (χ4v) is 5.74. The largest absolute Gasteiger partial charge is 0.493 e. The summed E-state index contributed by atoms with van der Waals surface area (Å²) < 4.78 is 37.1. The molecule has 0 radical (unpaired) electrons. The number of nitrogens with one attached hydrogen (secondary N) is 1. The molecule has 1 aliphatic carbocycles. The smallest absolute Gasteiger partial charge is 0.203 e. The highest BCUT2D eigenvalue weighted by Crippen LogP contribution is 2.42. The summed E-state index contributed by atoms with van der Waals surface area (Å²) in [6.45, 7) is 0. The second kappa shape index (κ2) is 12.3. The zero-order valence-corrected chi connectivity index (χ0v) is 26.5. The summed E-state index contributed by atoms with van der Waals surface area (Å²) in [5.74, 6) is 3.82. The number of ether oxygens (including phenoxy) is 6. The maximum Gasteiger partial charge on any atom is 0.203 e. The van der Waals surface area contributed by atoms with Crippen LogP contribution in [0.1, 0.15) is 16.8 Å². The summed E-state index contributed by atoms with van der Waals surface area (Å²) in [6, 6.07) is 13.4. The van der Waals surface area contributed by atoms with E-state index in [1.54, 1.807) is 55.3 Å². The van der Waals surface area contributed by atoms with E-state index in [9.17, 15) is 0 Å². The Bertz CT molecular complexity index is 1860. The lowest BCUT2D eigenvalue weighted by molar-refractivity contribution is 0.324. The Morgan fingerprint density at radius 3 is 1.78 bits per heavy atom. The van der Waals surface area contributed by atoms with Crippen LogP contribution in [0.25, 0.3) is 17.5 Å². The van der Waals surface area contributed by atoms with Crippen molar-refractivity contribution in [3.05, 3.63) is 90.4 Å². The van der Waals surface area contributed by atoms with Gasteiger partial charge in [0.25, 0.3) is 0 Å². The van der Waals surface area contributed by atoms with E-state index in [-0.39, 0.29) is 0 Å². The second-order valence-electron chi connectivity index (χ2n) is 10.7. The molecule has 2 heterocycles. The molecule has 238 valence electrons. The maximum absolute atomic E-state index is 6.21. The van der Waals surface area contributed by atoms with Gasteiger partial charge in [0.2, 0.25) is 11.5 Å². The van der Waals surface area contributed by atoms with E-state index < -0.39 is 5.54 Å². The molecule has 3 N–H and O–H groups in total. The van der Waals surface area contributed by atoms with Gasteiger partial charge < -0.3 is 48.6 Å². The Morgan fingerprint density at radius 2 is 1.24 bits per heavy atom. The van der Waals surface area contributed by atoms with Gasteiger partial charge in [-0.05, 0) is 23.3 Å². The summed E-state index contributed by atoms with van der Waals surface area (Å²) in [5, 5.41) is 3.68. The number of fused-ring (bicyclic) bond motifs is 1. The van der Waals surface area contributed by atoms with Gasteiger partial charge in [0.1, 0.15) is 17.7 Å². The Morgan fingerprint density at radius 1 is 0.696 bits per heavy atom. The molecule has 0 spiro atoms. The molecule has 0 saturated heterocycles. The Kier molecular flexibility index (Phi) is 8.10. The van der Waals surface area contributed by atoms with Crippen LogP contribution in [0.5, 0.6) is 34.5 Å². The molecule has 12 heteroatoms. The van der Waals surface area contributed by atoms with Crippen LogP contribution in [-0.4, -0.2) is 61.8 Å². The molecular formula is C34H36N6O6. The van der Waals surface area contributed by atoms with Gasteiger partial charge in [-0.15, -0.1) is 0 Å². The molecule has 12 nitrogen and oxygen atoms in total. The average molecular weight is 625 g/mol. The number of aromatic nitrogens is 4. The van der Waals surface area contributed by atoms with E-state index in [0.29, 0.717) is 52.4 Å². The molecule has 0 bridgehead atoms. The van der Waals surface area contributed by atoms with Crippen LogP contribution in [-0.2, 0) is 12.0 Å². The molecule has 0 aliphatic heterocycles. The van der Waals surface area contributed by atoms with Gasteiger partial charge in [-0.3, -0.25) is 0 Å². The highest BCUT2D eigenvalue weighted by atomic mass is 16.5. The molecule has 0 fully saturated rings. The number of rotatable bonds is 11. The first-order valence-corrected chi connectivity index (χ1v) is 14.4. The number of anilines is 2. The predicted molar refractivity (Wildman–Crippen MR) is 175 cm³/mol. The number of benzene rings is 3. The van der Waals surface area contributed by atoms with E-state index >= 15 is 0 Å². The third-order valence-corrected chi connectivity index (χ3v) is 8.05. The standard InChI is InChI=1S/C34H36N6O6/c1-41-26-12-24(13-27(42-2)32(26)45-5)39-17-30(36-19-39)34(10-9-21-7-8-23(35)11-22(21)16-34)38-31-18-40(20-37-31)25-14-28(43-3)33(46-6)29(15-25)44-4/h7-15,17-20,38H,16,35H2,1-6H3. The fourth-order valence-electron chi connectivity index (χ4n) is 5.74. The van der Waals surface area contributed by atoms with Crippen LogP contribution in [0.3, 0.4) is 0 Å². The van der Waals surface area contributed by atoms with Crippen molar-refractivity contribution in [2.75, 3.05) is 53.7 Å². The van der Waals surface area contributed by atoms with Crippen molar-refractivity contribution in [1.82, 2.24) is 19.1 Å². The first-order chi connectivity index (χ1) is 22.3. The van der Waals surface area contributed by atoms with E-state index in [2.05, 4.69) is 17.5 Å². The number of imidazole rings is 2. The van der Waals surface area contributed by atoms with Crippen molar-refractivity contribution in [1.29, 1.82) is 0 Å². The van der Waals surface area contributed by atoms with E-state index in [1.807, 2.05) is 64.0 Å². The molecule has 2 aromatic heterocycles. The summed E-state index contributed by atoms with van der Waals surface area (Å²) in [4.78, 5) is 9.60. The van der Waals surface area contributed by atoms with Crippen LogP contribution >= 0.6 is 0 Å². The third-order valence-electron chi connectivity index (χ3n) is 8.05. The van der Waals surface area contributed by atoms with Crippen LogP contribution in [0.4, 0.5) is 11.5 Å². The normalized spacial score (nSPS) is 15.2. The van der Waals surface area contributed by atoms with Crippen molar-refractivity contribution in [2.24, 2.45) is 0 Å². The molecule has 5 aromatic rings. The van der Waals surface area contributed by atoms with Gasteiger partial charge in [-0.2, -0.15) is 0 Å². The molecule has 1 atom stereocenters. The minimum atomic E-state index is -0.763. The first kappa shape index (κ1) is 30.3. The highest BCUT2D eigenvalue weighted by molar-refractivity contribution is 5.66. The van der Waals surface area contributed by atoms with Gasteiger partial charge in [0, 0.05) is 42.6 Å². The van der Waals surface area contributed by atoms with Crippen molar-refractivity contribution >= 4 is 17.6 Å². The number of hydrogen-bond donors (Lipinski definition) is 2. The van der Waals surface area contributed by atoms with E-state index in [1.165, 1.54) is 0 Å². The van der Waals surface area contributed by atoms with E-state index in [0.717, 1.165) is 28.2 Å². The van der Waals surface area contributed by atoms with Crippen molar-refractivity contribution < 1.29 is 28.4 Å². The summed E-state index contributed by atoms with van der Waals surface area (Å²) in [6.07, 6.45) is 12.1. The van der Waals surface area contributed by atoms with Gasteiger partial charge >= 0.3 is 0 Å². The van der Waals surface area contributed by atoms with Gasteiger partial charge in [0.15, 0.2) is 23.0 Å². The Balaban J connectivity index is 1.41.